The fourth-order valence-corrected chi connectivity index (χ4v) is 1.81. The highest BCUT2D eigenvalue weighted by molar-refractivity contribution is 4.99. The largest absolute Gasteiger partial charge is 0.339 e. The van der Waals surface area contributed by atoms with Gasteiger partial charge in [0.1, 0.15) is 0 Å². The van der Waals surface area contributed by atoms with E-state index in [9.17, 15) is 0 Å². The van der Waals surface area contributed by atoms with Gasteiger partial charge >= 0.3 is 0 Å². The molecule has 1 aromatic rings. The highest BCUT2D eigenvalue weighted by Gasteiger charge is 2.24. The molecule has 1 aromatic heterocycles. The van der Waals surface area contributed by atoms with E-state index >= 15 is 0 Å². The molecule has 0 aromatic carbocycles. The Morgan fingerprint density at radius 3 is 2.47 bits per heavy atom. The molecule has 0 saturated carbocycles. The molecule has 0 radical (unpaired) electrons. The summed E-state index contributed by atoms with van der Waals surface area (Å²) in [5.41, 5.74) is 6.02. The lowest BCUT2D eigenvalue weighted by atomic mass is 9.84. The van der Waals surface area contributed by atoms with E-state index < -0.39 is 0 Å². The summed E-state index contributed by atoms with van der Waals surface area (Å²) in [5, 5.41) is 4.04. The van der Waals surface area contributed by atoms with Gasteiger partial charge in [0.15, 0.2) is 5.82 Å². The highest BCUT2D eigenvalue weighted by atomic mass is 16.5. The van der Waals surface area contributed by atoms with Crippen molar-refractivity contribution in [1.29, 1.82) is 0 Å². The van der Waals surface area contributed by atoms with E-state index in [0.717, 1.165) is 18.7 Å². The summed E-state index contributed by atoms with van der Waals surface area (Å²) in [6.45, 7) is 11.4. The number of hydrogen-bond acceptors (Lipinski definition) is 4. The van der Waals surface area contributed by atoms with E-state index in [1.165, 1.54) is 0 Å². The van der Waals surface area contributed by atoms with Crippen molar-refractivity contribution in [2.75, 3.05) is 6.54 Å². The molecule has 4 heteroatoms. The minimum Gasteiger partial charge on any atom is -0.339 e. The van der Waals surface area contributed by atoms with E-state index in [0.29, 0.717) is 18.4 Å². The lowest BCUT2D eigenvalue weighted by molar-refractivity contribution is 0.285. The number of nitrogens with zero attached hydrogens (tertiary/aromatic N) is 2. The Labute approximate surface area is 104 Å². The van der Waals surface area contributed by atoms with Crippen LogP contribution < -0.4 is 5.73 Å². The SMILES string of the molecule is CCC(C)c1noc(C(CN)CC(C)(C)C)n1. The minimum absolute atomic E-state index is 0.167. The molecule has 2 atom stereocenters. The molecular weight excluding hydrogens is 214 g/mol. The topological polar surface area (TPSA) is 64.9 Å². The first kappa shape index (κ1) is 14.2. The van der Waals surface area contributed by atoms with E-state index in [-0.39, 0.29) is 11.3 Å². The molecule has 17 heavy (non-hydrogen) atoms. The molecule has 0 spiro atoms. The molecule has 1 rings (SSSR count). The molecule has 0 aliphatic heterocycles. The molecule has 0 bridgehead atoms. The van der Waals surface area contributed by atoms with Crippen LogP contribution in [0.25, 0.3) is 0 Å². The van der Waals surface area contributed by atoms with Crippen LogP contribution >= 0.6 is 0 Å². The molecule has 0 amide bonds. The zero-order chi connectivity index (χ0) is 13.1. The molecule has 0 aliphatic carbocycles. The lowest BCUT2D eigenvalue weighted by Gasteiger charge is -2.22. The van der Waals surface area contributed by atoms with Gasteiger partial charge in [-0.25, -0.2) is 0 Å². The monoisotopic (exact) mass is 239 g/mol. The van der Waals surface area contributed by atoms with E-state index in [4.69, 9.17) is 10.3 Å². The van der Waals surface area contributed by atoms with Crippen LogP contribution in [-0.2, 0) is 0 Å². The van der Waals surface area contributed by atoms with Gasteiger partial charge in [-0.05, 0) is 18.3 Å². The predicted octanol–water partition coefficient (Wildman–Crippen LogP) is 3.06. The van der Waals surface area contributed by atoms with Gasteiger partial charge in [0.05, 0.1) is 5.92 Å². The highest BCUT2D eigenvalue weighted by Crippen LogP contribution is 2.30. The van der Waals surface area contributed by atoms with E-state index in [1.54, 1.807) is 0 Å². The minimum atomic E-state index is 0.167. The van der Waals surface area contributed by atoms with Crippen molar-refractivity contribution < 1.29 is 4.52 Å². The first-order valence-electron chi connectivity index (χ1n) is 6.41. The Morgan fingerprint density at radius 1 is 1.35 bits per heavy atom. The maximum Gasteiger partial charge on any atom is 0.231 e. The first-order chi connectivity index (χ1) is 7.87. The number of hydrogen-bond donors (Lipinski definition) is 1. The van der Waals surface area contributed by atoms with Gasteiger partial charge in [-0.3, -0.25) is 0 Å². The fourth-order valence-electron chi connectivity index (χ4n) is 1.81. The van der Waals surface area contributed by atoms with Crippen LogP contribution in [-0.4, -0.2) is 16.7 Å². The van der Waals surface area contributed by atoms with E-state index in [1.807, 2.05) is 0 Å². The molecule has 4 nitrogen and oxygen atoms in total. The summed E-state index contributed by atoms with van der Waals surface area (Å²) in [6.07, 6.45) is 1.98. The van der Waals surface area contributed by atoms with E-state index in [2.05, 4.69) is 44.8 Å². The van der Waals surface area contributed by atoms with Crippen molar-refractivity contribution in [3.8, 4) is 0 Å². The third kappa shape index (κ3) is 4.11. The zero-order valence-electron chi connectivity index (χ0n) is 11.7. The normalized spacial score (nSPS) is 15.9. The average Bonchev–Trinajstić information content (AvgIpc) is 2.72. The van der Waals surface area contributed by atoms with Gasteiger partial charge < -0.3 is 10.3 Å². The molecule has 98 valence electrons. The lowest BCUT2D eigenvalue weighted by Crippen LogP contribution is -2.19. The second-order valence-electron chi connectivity index (χ2n) is 6.00. The van der Waals surface area contributed by atoms with Gasteiger partial charge in [-0.2, -0.15) is 4.98 Å². The average molecular weight is 239 g/mol. The predicted molar refractivity (Wildman–Crippen MR) is 68.9 cm³/mol. The van der Waals surface area contributed by atoms with Crippen molar-refractivity contribution >= 4 is 0 Å². The summed E-state index contributed by atoms with van der Waals surface area (Å²) in [6, 6.07) is 0. The van der Waals surface area contributed by atoms with Crippen LogP contribution in [0.15, 0.2) is 4.52 Å². The Hall–Kier alpha value is -0.900. The molecular formula is C13H25N3O. The van der Waals surface area contributed by atoms with Crippen LogP contribution in [0.2, 0.25) is 0 Å². The Bertz CT molecular complexity index is 341. The van der Waals surface area contributed by atoms with Gasteiger partial charge in [-0.1, -0.05) is 39.8 Å². The summed E-state index contributed by atoms with van der Waals surface area (Å²) >= 11 is 0. The van der Waals surface area contributed by atoms with Crippen molar-refractivity contribution in [2.45, 2.75) is 59.3 Å². The Kier molecular flexibility index (Phi) is 4.69. The van der Waals surface area contributed by atoms with Crippen LogP contribution in [0, 0.1) is 5.41 Å². The second-order valence-corrected chi connectivity index (χ2v) is 6.00. The third-order valence-electron chi connectivity index (χ3n) is 3.00. The molecule has 0 aliphatic rings. The molecule has 1 heterocycles. The third-order valence-corrected chi connectivity index (χ3v) is 3.00. The summed E-state index contributed by atoms with van der Waals surface area (Å²) in [7, 11) is 0. The summed E-state index contributed by atoms with van der Waals surface area (Å²) in [5.74, 6) is 2.01. The number of nitrogens with two attached hydrogens (primary N) is 1. The zero-order valence-corrected chi connectivity index (χ0v) is 11.7. The summed E-state index contributed by atoms with van der Waals surface area (Å²) < 4.78 is 5.35. The Morgan fingerprint density at radius 2 is 2.00 bits per heavy atom. The second kappa shape index (κ2) is 5.63. The molecule has 2 N–H and O–H groups in total. The maximum atomic E-state index is 5.80. The molecule has 2 unspecified atom stereocenters. The van der Waals surface area contributed by atoms with Crippen molar-refractivity contribution in [3.05, 3.63) is 11.7 Å². The standard InChI is InChI=1S/C13H25N3O/c1-6-9(2)11-15-12(17-16-11)10(8-14)7-13(3,4)5/h9-10H,6-8,14H2,1-5H3. The van der Waals surface area contributed by atoms with Crippen molar-refractivity contribution in [1.82, 2.24) is 10.1 Å². The molecule has 0 fully saturated rings. The van der Waals surface area contributed by atoms with Crippen LogP contribution in [0.5, 0.6) is 0 Å². The van der Waals surface area contributed by atoms with Gasteiger partial charge in [0.2, 0.25) is 5.89 Å². The quantitative estimate of drug-likeness (QED) is 0.857. The Balaban J connectivity index is 2.79. The smallest absolute Gasteiger partial charge is 0.231 e. The van der Waals surface area contributed by atoms with Gasteiger partial charge in [0.25, 0.3) is 0 Å². The van der Waals surface area contributed by atoms with Gasteiger partial charge in [-0.15, -0.1) is 0 Å². The fraction of sp³-hybridized carbons (Fsp3) is 0.846. The summed E-state index contributed by atoms with van der Waals surface area (Å²) in [4.78, 5) is 4.48. The number of aromatic nitrogens is 2. The maximum absolute atomic E-state index is 5.80. The van der Waals surface area contributed by atoms with Crippen molar-refractivity contribution in [3.63, 3.8) is 0 Å². The van der Waals surface area contributed by atoms with Crippen LogP contribution in [0.4, 0.5) is 0 Å². The molecule has 0 saturated heterocycles. The number of rotatable bonds is 5. The van der Waals surface area contributed by atoms with Crippen molar-refractivity contribution in [2.24, 2.45) is 11.1 Å². The van der Waals surface area contributed by atoms with Gasteiger partial charge in [0, 0.05) is 12.5 Å². The van der Waals surface area contributed by atoms with Crippen LogP contribution in [0.1, 0.15) is 71.0 Å². The first-order valence-corrected chi connectivity index (χ1v) is 6.41. The van der Waals surface area contributed by atoms with Crippen LogP contribution in [0.3, 0.4) is 0 Å².